The molecule has 3 aliphatic rings. The van der Waals surface area contributed by atoms with E-state index in [-0.39, 0.29) is 35.4 Å². The molecule has 0 aromatic heterocycles. The maximum absolute atomic E-state index is 13.8. The lowest BCUT2D eigenvalue weighted by Gasteiger charge is -2.49. The summed E-state index contributed by atoms with van der Waals surface area (Å²) in [5.74, 6) is -4.12. The fourth-order valence-electron chi connectivity index (χ4n) is 5.75. The second kappa shape index (κ2) is 6.64. The minimum atomic E-state index is -1.53. The maximum atomic E-state index is 13.8. The summed E-state index contributed by atoms with van der Waals surface area (Å²) in [4.78, 5) is 50.0. The molecule has 1 aromatic rings. The first-order chi connectivity index (χ1) is 14.4. The summed E-state index contributed by atoms with van der Waals surface area (Å²) in [6, 6.07) is 3.54. The van der Waals surface area contributed by atoms with Gasteiger partial charge in [0.2, 0.25) is 0 Å². The van der Waals surface area contributed by atoms with E-state index in [9.17, 15) is 29.4 Å². The van der Waals surface area contributed by atoms with Crippen LogP contribution in [0.25, 0.3) is 5.76 Å². The number of amides is 1. The topological polar surface area (TPSA) is 135 Å². The zero-order chi connectivity index (χ0) is 23.0. The van der Waals surface area contributed by atoms with E-state index in [0.717, 1.165) is 5.56 Å². The number of benzene rings is 1. The number of primary amides is 1. The third kappa shape index (κ3) is 2.58. The molecular formula is C24H25NO6. The molecule has 0 bridgehead atoms. The number of Topliss-reactive ketones (excluding diaryl/α,β-unsaturated/α-hetero) is 3. The van der Waals surface area contributed by atoms with Crippen LogP contribution in [0.5, 0.6) is 0 Å². The first-order valence-corrected chi connectivity index (χ1v) is 10.3. The molecule has 0 spiro atoms. The van der Waals surface area contributed by atoms with E-state index in [0.29, 0.717) is 23.1 Å². The molecule has 0 radical (unpaired) electrons. The Morgan fingerprint density at radius 1 is 1.19 bits per heavy atom. The van der Waals surface area contributed by atoms with Gasteiger partial charge in [0.1, 0.15) is 17.1 Å². The highest BCUT2D eigenvalue weighted by Crippen LogP contribution is 2.58. The first kappa shape index (κ1) is 21.0. The third-order valence-corrected chi connectivity index (χ3v) is 7.59. The standard InChI is InChI=1S/C24H25NO6/c1-9-14-6-5-13(11(3)26)10(2)17(14)20(28)18-15(9)7-12-8-16(27)19(23(25)31)22(30)24(12,4)21(18)29/h5-6,9,12,15,28,30H,7-8H2,1-4H3,(H2,25,31)/t9-,12-,15?,24+/m0/s1. The molecule has 3 aliphatic carbocycles. The van der Waals surface area contributed by atoms with Crippen LogP contribution in [0.15, 0.2) is 29.0 Å². The number of aliphatic hydroxyl groups is 2. The molecule has 31 heavy (non-hydrogen) atoms. The van der Waals surface area contributed by atoms with Gasteiger partial charge in [0.15, 0.2) is 17.3 Å². The van der Waals surface area contributed by atoms with E-state index >= 15 is 0 Å². The molecule has 0 saturated heterocycles. The van der Waals surface area contributed by atoms with Crippen LogP contribution in [-0.2, 0) is 14.4 Å². The summed E-state index contributed by atoms with van der Waals surface area (Å²) in [5, 5.41) is 22.1. The van der Waals surface area contributed by atoms with E-state index in [1.807, 2.05) is 13.0 Å². The molecule has 1 aromatic carbocycles. The van der Waals surface area contributed by atoms with Gasteiger partial charge < -0.3 is 15.9 Å². The van der Waals surface area contributed by atoms with Crippen molar-refractivity contribution in [3.8, 4) is 0 Å². The molecule has 1 unspecified atom stereocenters. The van der Waals surface area contributed by atoms with Crippen molar-refractivity contribution < 1.29 is 29.4 Å². The molecular weight excluding hydrogens is 398 g/mol. The van der Waals surface area contributed by atoms with Crippen LogP contribution >= 0.6 is 0 Å². The average molecular weight is 423 g/mol. The fourth-order valence-corrected chi connectivity index (χ4v) is 5.75. The smallest absolute Gasteiger partial charge is 0.255 e. The molecule has 0 heterocycles. The highest BCUT2D eigenvalue weighted by Gasteiger charge is 2.59. The first-order valence-electron chi connectivity index (χ1n) is 10.3. The summed E-state index contributed by atoms with van der Waals surface area (Å²) in [6.45, 7) is 6.63. The van der Waals surface area contributed by atoms with Gasteiger partial charge in [-0.2, -0.15) is 0 Å². The van der Waals surface area contributed by atoms with Gasteiger partial charge in [-0.25, -0.2) is 0 Å². The number of hydrogen-bond acceptors (Lipinski definition) is 6. The number of fused-ring (bicyclic) bond motifs is 3. The lowest BCUT2D eigenvalue weighted by Crippen LogP contribution is -2.52. The summed E-state index contributed by atoms with van der Waals surface area (Å²) >= 11 is 0. The predicted octanol–water partition coefficient (Wildman–Crippen LogP) is 3.07. The minimum absolute atomic E-state index is 0.0724. The van der Waals surface area contributed by atoms with E-state index in [1.165, 1.54) is 13.8 Å². The number of hydrogen-bond donors (Lipinski definition) is 3. The van der Waals surface area contributed by atoms with Crippen molar-refractivity contribution in [2.45, 2.75) is 46.5 Å². The normalized spacial score (nSPS) is 30.0. The minimum Gasteiger partial charge on any atom is -0.510 e. The van der Waals surface area contributed by atoms with Crippen molar-refractivity contribution in [3.63, 3.8) is 0 Å². The number of nitrogens with two attached hydrogens (primary N) is 1. The van der Waals surface area contributed by atoms with Crippen LogP contribution in [0.1, 0.15) is 66.6 Å². The largest absolute Gasteiger partial charge is 0.510 e. The van der Waals surface area contributed by atoms with Crippen LogP contribution in [0.2, 0.25) is 0 Å². The van der Waals surface area contributed by atoms with Crippen molar-refractivity contribution in [3.05, 3.63) is 51.3 Å². The van der Waals surface area contributed by atoms with Crippen molar-refractivity contribution in [2.75, 3.05) is 0 Å². The van der Waals surface area contributed by atoms with Gasteiger partial charge in [0, 0.05) is 23.1 Å². The molecule has 1 fully saturated rings. The van der Waals surface area contributed by atoms with Gasteiger partial charge in [0.25, 0.3) is 5.91 Å². The van der Waals surface area contributed by atoms with Gasteiger partial charge in [-0.15, -0.1) is 0 Å². The molecule has 162 valence electrons. The SMILES string of the molecule is CC(=O)c1ccc2c(c1C)C(O)=C1C(=O)[C@]3(C)C(O)=C(C(N)=O)C(=O)C[C@@H]3CC1[C@H]2C. The van der Waals surface area contributed by atoms with E-state index in [1.54, 1.807) is 13.0 Å². The second-order valence-electron chi connectivity index (χ2n) is 9.10. The zero-order valence-electron chi connectivity index (χ0n) is 17.9. The fraction of sp³-hybridized carbons (Fsp3) is 0.417. The Hall–Kier alpha value is -3.22. The van der Waals surface area contributed by atoms with Crippen molar-refractivity contribution >= 4 is 29.0 Å². The summed E-state index contributed by atoms with van der Waals surface area (Å²) in [6.07, 6.45) is 0.314. The number of rotatable bonds is 2. The summed E-state index contributed by atoms with van der Waals surface area (Å²) in [5.41, 5.74) is 5.77. The Morgan fingerprint density at radius 2 is 1.84 bits per heavy atom. The molecule has 4 rings (SSSR count). The lowest BCUT2D eigenvalue weighted by atomic mass is 9.53. The summed E-state index contributed by atoms with van der Waals surface area (Å²) < 4.78 is 0. The number of carbonyl (C=O) groups excluding carboxylic acids is 4. The third-order valence-electron chi connectivity index (χ3n) is 7.59. The van der Waals surface area contributed by atoms with E-state index in [4.69, 9.17) is 5.73 Å². The van der Waals surface area contributed by atoms with Crippen LogP contribution in [-0.4, -0.2) is 33.5 Å². The molecule has 7 heteroatoms. The predicted molar refractivity (Wildman–Crippen MR) is 112 cm³/mol. The van der Waals surface area contributed by atoms with Gasteiger partial charge in [-0.05, 0) is 56.1 Å². The Morgan fingerprint density at radius 3 is 2.42 bits per heavy atom. The monoisotopic (exact) mass is 423 g/mol. The van der Waals surface area contributed by atoms with Crippen molar-refractivity contribution in [2.24, 2.45) is 23.0 Å². The molecule has 4 N–H and O–H groups in total. The number of ketones is 3. The van der Waals surface area contributed by atoms with Gasteiger partial charge >= 0.3 is 0 Å². The van der Waals surface area contributed by atoms with Crippen LogP contribution in [0, 0.1) is 24.2 Å². The second-order valence-corrected chi connectivity index (χ2v) is 9.10. The number of allylic oxidation sites excluding steroid dienone is 2. The van der Waals surface area contributed by atoms with Crippen LogP contribution < -0.4 is 5.73 Å². The highest BCUT2D eigenvalue weighted by molar-refractivity contribution is 6.22. The number of carbonyl (C=O) groups is 4. The quantitative estimate of drug-likeness (QED) is 0.494. The van der Waals surface area contributed by atoms with Crippen LogP contribution in [0.4, 0.5) is 0 Å². The van der Waals surface area contributed by atoms with Gasteiger partial charge in [-0.3, -0.25) is 19.2 Å². The van der Waals surface area contributed by atoms with Crippen molar-refractivity contribution in [1.29, 1.82) is 0 Å². The average Bonchev–Trinajstić information content (AvgIpc) is 2.67. The Balaban J connectivity index is 1.98. The van der Waals surface area contributed by atoms with Crippen LogP contribution in [0.3, 0.4) is 0 Å². The van der Waals surface area contributed by atoms with Crippen molar-refractivity contribution in [1.82, 2.24) is 0 Å². The Bertz CT molecular complexity index is 1160. The summed E-state index contributed by atoms with van der Waals surface area (Å²) in [7, 11) is 0. The lowest BCUT2D eigenvalue weighted by molar-refractivity contribution is -0.134. The molecule has 7 nitrogen and oxygen atoms in total. The van der Waals surface area contributed by atoms with E-state index in [2.05, 4.69) is 0 Å². The zero-order valence-corrected chi connectivity index (χ0v) is 17.9. The number of aliphatic hydroxyl groups excluding tert-OH is 2. The molecule has 1 saturated carbocycles. The Labute approximate surface area is 179 Å². The Kier molecular flexibility index (Phi) is 4.50. The van der Waals surface area contributed by atoms with E-state index < -0.39 is 40.1 Å². The maximum Gasteiger partial charge on any atom is 0.255 e. The molecule has 4 atom stereocenters. The molecule has 0 aliphatic heterocycles. The molecule has 1 amide bonds. The highest BCUT2D eigenvalue weighted by atomic mass is 16.3. The van der Waals surface area contributed by atoms with Gasteiger partial charge in [0.05, 0.1) is 5.41 Å². The van der Waals surface area contributed by atoms with Gasteiger partial charge in [-0.1, -0.05) is 19.1 Å².